The summed E-state index contributed by atoms with van der Waals surface area (Å²) < 4.78 is 22.3. The highest BCUT2D eigenvalue weighted by Crippen LogP contribution is 2.37. The number of ether oxygens (including phenoxy) is 4. The molecule has 6 heteroatoms. The summed E-state index contributed by atoms with van der Waals surface area (Å²) >= 11 is 0. The van der Waals surface area contributed by atoms with Gasteiger partial charge in [0.15, 0.2) is 12.1 Å². The zero-order valence-electron chi connectivity index (χ0n) is 10.9. The second kappa shape index (κ2) is 4.70. The van der Waals surface area contributed by atoms with Crippen molar-refractivity contribution in [2.75, 3.05) is 32.8 Å². The van der Waals surface area contributed by atoms with Crippen LogP contribution in [0.5, 0.6) is 0 Å². The summed E-state index contributed by atoms with van der Waals surface area (Å²) in [7, 11) is 0. The molecule has 1 N–H and O–H groups in total. The van der Waals surface area contributed by atoms with Crippen molar-refractivity contribution in [1.82, 2.24) is 4.90 Å². The molecule has 3 rings (SSSR count). The first kappa shape index (κ1) is 12.8. The molecule has 3 heterocycles. The van der Waals surface area contributed by atoms with Crippen molar-refractivity contribution < 1.29 is 24.1 Å². The summed E-state index contributed by atoms with van der Waals surface area (Å²) in [4.78, 5) is 2.24. The normalized spacial score (nSPS) is 44.2. The zero-order valence-corrected chi connectivity index (χ0v) is 10.9. The van der Waals surface area contributed by atoms with E-state index in [2.05, 4.69) is 4.90 Å². The summed E-state index contributed by atoms with van der Waals surface area (Å²) in [6.07, 6.45) is -1.68. The van der Waals surface area contributed by atoms with Crippen molar-refractivity contribution in [1.29, 1.82) is 0 Å². The predicted molar refractivity (Wildman–Crippen MR) is 62.0 cm³/mol. The Balaban J connectivity index is 1.57. The average Bonchev–Trinajstić information content (AvgIpc) is 2.76. The van der Waals surface area contributed by atoms with E-state index in [0.29, 0.717) is 6.54 Å². The summed E-state index contributed by atoms with van der Waals surface area (Å²) in [6, 6.07) is 0. The Labute approximate surface area is 107 Å². The van der Waals surface area contributed by atoms with Crippen LogP contribution in [0, 0.1) is 0 Å². The van der Waals surface area contributed by atoms with Crippen LogP contribution < -0.4 is 0 Å². The SMILES string of the molecule is CC1(C)O[C@H]2O[C@H](CN3CCOCC3)[C@H](O)[C@H]2O1. The second-order valence-electron chi connectivity index (χ2n) is 5.55. The molecule has 18 heavy (non-hydrogen) atoms. The molecule has 3 aliphatic rings. The molecule has 3 fully saturated rings. The lowest BCUT2D eigenvalue weighted by Crippen LogP contribution is -2.45. The molecule has 104 valence electrons. The summed E-state index contributed by atoms with van der Waals surface area (Å²) in [5.41, 5.74) is 0. The van der Waals surface area contributed by atoms with E-state index in [1.54, 1.807) is 0 Å². The first-order valence-corrected chi connectivity index (χ1v) is 6.54. The molecule has 4 atom stereocenters. The van der Waals surface area contributed by atoms with Crippen LogP contribution in [0.4, 0.5) is 0 Å². The number of aliphatic hydroxyl groups excluding tert-OH is 1. The molecular weight excluding hydrogens is 238 g/mol. The molecule has 0 aliphatic carbocycles. The number of fused-ring (bicyclic) bond motifs is 1. The van der Waals surface area contributed by atoms with Crippen molar-refractivity contribution in [3.8, 4) is 0 Å². The Morgan fingerprint density at radius 1 is 1.22 bits per heavy atom. The second-order valence-corrected chi connectivity index (χ2v) is 5.55. The van der Waals surface area contributed by atoms with Gasteiger partial charge in [-0.2, -0.15) is 0 Å². The van der Waals surface area contributed by atoms with Crippen molar-refractivity contribution in [3.63, 3.8) is 0 Å². The molecule has 0 aromatic rings. The number of aliphatic hydroxyl groups is 1. The molecule has 0 amide bonds. The largest absolute Gasteiger partial charge is 0.387 e. The molecule has 0 spiro atoms. The lowest BCUT2D eigenvalue weighted by Gasteiger charge is -2.30. The lowest BCUT2D eigenvalue weighted by molar-refractivity contribution is -0.217. The van der Waals surface area contributed by atoms with Crippen LogP contribution in [0.15, 0.2) is 0 Å². The number of rotatable bonds is 2. The number of hydrogen-bond donors (Lipinski definition) is 1. The molecule has 3 saturated heterocycles. The monoisotopic (exact) mass is 259 g/mol. The minimum atomic E-state index is -0.666. The van der Waals surface area contributed by atoms with Gasteiger partial charge in [-0.25, -0.2) is 0 Å². The van der Waals surface area contributed by atoms with Crippen molar-refractivity contribution in [3.05, 3.63) is 0 Å². The zero-order chi connectivity index (χ0) is 12.8. The fourth-order valence-corrected chi connectivity index (χ4v) is 2.75. The average molecular weight is 259 g/mol. The van der Waals surface area contributed by atoms with Gasteiger partial charge in [0, 0.05) is 19.6 Å². The first-order valence-electron chi connectivity index (χ1n) is 6.54. The lowest BCUT2D eigenvalue weighted by atomic mass is 10.1. The van der Waals surface area contributed by atoms with Crippen LogP contribution in [-0.2, 0) is 18.9 Å². The van der Waals surface area contributed by atoms with Gasteiger partial charge in [-0.1, -0.05) is 0 Å². The molecular formula is C12H21NO5. The van der Waals surface area contributed by atoms with Crippen LogP contribution in [0.3, 0.4) is 0 Å². The maximum Gasteiger partial charge on any atom is 0.190 e. The van der Waals surface area contributed by atoms with Crippen LogP contribution in [0.2, 0.25) is 0 Å². The maximum absolute atomic E-state index is 10.2. The molecule has 0 aromatic heterocycles. The molecule has 0 aromatic carbocycles. The Morgan fingerprint density at radius 3 is 2.61 bits per heavy atom. The Morgan fingerprint density at radius 2 is 1.94 bits per heavy atom. The van der Waals surface area contributed by atoms with Crippen molar-refractivity contribution in [2.24, 2.45) is 0 Å². The van der Waals surface area contributed by atoms with Gasteiger partial charge in [0.1, 0.15) is 18.3 Å². The highest BCUT2D eigenvalue weighted by Gasteiger charge is 2.54. The highest BCUT2D eigenvalue weighted by atomic mass is 16.8. The third kappa shape index (κ3) is 2.41. The van der Waals surface area contributed by atoms with E-state index in [9.17, 15) is 5.11 Å². The molecule has 0 saturated carbocycles. The predicted octanol–water partition coefficient (Wildman–Crippen LogP) is -0.444. The Hall–Kier alpha value is -0.240. The molecule has 3 aliphatic heterocycles. The fourth-order valence-electron chi connectivity index (χ4n) is 2.75. The van der Waals surface area contributed by atoms with Crippen LogP contribution >= 0.6 is 0 Å². The Bertz CT molecular complexity index is 305. The van der Waals surface area contributed by atoms with E-state index in [4.69, 9.17) is 18.9 Å². The third-order valence-corrected chi connectivity index (χ3v) is 3.66. The third-order valence-electron chi connectivity index (χ3n) is 3.66. The van der Waals surface area contributed by atoms with Gasteiger partial charge in [0.2, 0.25) is 0 Å². The highest BCUT2D eigenvalue weighted by molar-refractivity contribution is 4.94. The van der Waals surface area contributed by atoms with Gasteiger partial charge < -0.3 is 24.1 Å². The van der Waals surface area contributed by atoms with E-state index in [-0.39, 0.29) is 12.2 Å². The van der Waals surface area contributed by atoms with Crippen LogP contribution in [0.1, 0.15) is 13.8 Å². The standard InChI is InChI=1S/C12H21NO5/c1-12(2)17-10-9(14)8(16-11(10)18-12)7-13-3-5-15-6-4-13/h8-11,14H,3-7H2,1-2H3/t8-,9+,10-,11-/m1/s1. The smallest absolute Gasteiger partial charge is 0.190 e. The fraction of sp³-hybridized carbons (Fsp3) is 1.00. The molecule has 6 nitrogen and oxygen atoms in total. The molecule has 0 bridgehead atoms. The Kier molecular flexibility index (Phi) is 3.34. The van der Waals surface area contributed by atoms with Gasteiger partial charge in [-0.15, -0.1) is 0 Å². The van der Waals surface area contributed by atoms with Gasteiger partial charge in [-0.3, -0.25) is 4.90 Å². The van der Waals surface area contributed by atoms with E-state index in [1.165, 1.54) is 0 Å². The van der Waals surface area contributed by atoms with Crippen LogP contribution in [-0.4, -0.2) is 73.2 Å². The van der Waals surface area contributed by atoms with Crippen molar-refractivity contribution >= 4 is 0 Å². The van der Waals surface area contributed by atoms with E-state index in [1.807, 2.05) is 13.8 Å². The number of nitrogens with zero attached hydrogens (tertiary/aromatic N) is 1. The van der Waals surface area contributed by atoms with Gasteiger partial charge in [0.05, 0.1) is 13.2 Å². The summed E-state index contributed by atoms with van der Waals surface area (Å²) in [5, 5.41) is 10.2. The van der Waals surface area contributed by atoms with E-state index < -0.39 is 18.2 Å². The van der Waals surface area contributed by atoms with E-state index >= 15 is 0 Å². The summed E-state index contributed by atoms with van der Waals surface area (Å²) in [5.74, 6) is -0.666. The topological polar surface area (TPSA) is 60.4 Å². The maximum atomic E-state index is 10.2. The minimum Gasteiger partial charge on any atom is -0.387 e. The van der Waals surface area contributed by atoms with Gasteiger partial charge in [0.25, 0.3) is 0 Å². The van der Waals surface area contributed by atoms with Gasteiger partial charge in [-0.05, 0) is 13.8 Å². The molecule has 0 unspecified atom stereocenters. The summed E-state index contributed by atoms with van der Waals surface area (Å²) in [6.45, 7) is 7.62. The number of hydrogen-bond acceptors (Lipinski definition) is 6. The van der Waals surface area contributed by atoms with Gasteiger partial charge >= 0.3 is 0 Å². The quantitative estimate of drug-likeness (QED) is 0.725. The first-order chi connectivity index (χ1) is 8.55. The van der Waals surface area contributed by atoms with E-state index in [0.717, 1.165) is 26.3 Å². The molecule has 0 radical (unpaired) electrons. The van der Waals surface area contributed by atoms with Crippen LogP contribution in [0.25, 0.3) is 0 Å². The minimum absolute atomic E-state index is 0.241. The van der Waals surface area contributed by atoms with Crippen molar-refractivity contribution in [2.45, 2.75) is 44.2 Å². The number of morpholine rings is 1.